The fraction of sp³-hybridized carbons (Fsp3) is 0.667. The van der Waals surface area contributed by atoms with Gasteiger partial charge in [-0.25, -0.2) is 0 Å². The van der Waals surface area contributed by atoms with Crippen molar-refractivity contribution >= 4 is 0 Å². The molecular weight excluding hydrogens is 172 g/mol. The fourth-order valence-electron chi connectivity index (χ4n) is 2.09. The van der Waals surface area contributed by atoms with Crippen molar-refractivity contribution in [3.8, 4) is 0 Å². The molecule has 1 aliphatic rings. The third kappa shape index (κ3) is 3.18. The standard InChI is InChI=1S/C12H22N2/c1-3-5-11(6-4-7-13)12-8-10(2)9-14-12/h3,9,11-12,14H,1,4-8,13H2,2H3/t11-,12?/m1/s1. The molecule has 1 aliphatic heterocycles. The van der Waals surface area contributed by atoms with Crippen LogP contribution in [-0.2, 0) is 0 Å². The van der Waals surface area contributed by atoms with Gasteiger partial charge in [-0.15, -0.1) is 6.58 Å². The van der Waals surface area contributed by atoms with Crippen LogP contribution in [-0.4, -0.2) is 12.6 Å². The van der Waals surface area contributed by atoms with Gasteiger partial charge in [0.05, 0.1) is 0 Å². The summed E-state index contributed by atoms with van der Waals surface area (Å²) in [5.41, 5.74) is 7.00. The molecule has 0 aliphatic carbocycles. The van der Waals surface area contributed by atoms with Gasteiger partial charge >= 0.3 is 0 Å². The zero-order valence-corrected chi connectivity index (χ0v) is 9.13. The summed E-state index contributed by atoms with van der Waals surface area (Å²) in [7, 11) is 0. The lowest BCUT2D eigenvalue weighted by Gasteiger charge is -2.22. The first-order valence-corrected chi connectivity index (χ1v) is 5.50. The third-order valence-corrected chi connectivity index (χ3v) is 2.90. The van der Waals surface area contributed by atoms with Crippen LogP contribution in [0.5, 0.6) is 0 Å². The molecule has 0 amide bonds. The largest absolute Gasteiger partial charge is 0.388 e. The second-order valence-corrected chi connectivity index (χ2v) is 4.18. The Labute approximate surface area is 87.3 Å². The van der Waals surface area contributed by atoms with Gasteiger partial charge < -0.3 is 11.1 Å². The summed E-state index contributed by atoms with van der Waals surface area (Å²) in [4.78, 5) is 0. The highest BCUT2D eigenvalue weighted by Crippen LogP contribution is 2.24. The molecule has 1 rings (SSSR count). The minimum atomic E-state index is 0.611. The number of nitrogens with one attached hydrogen (secondary N) is 1. The molecule has 80 valence electrons. The van der Waals surface area contributed by atoms with Crippen LogP contribution in [0.1, 0.15) is 32.6 Å². The van der Waals surface area contributed by atoms with Crippen molar-refractivity contribution in [2.24, 2.45) is 11.7 Å². The smallest absolute Gasteiger partial charge is 0.0324 e. The van der Waals surface area contributed by atoms with Crippen LogP contribution >= 0.6 is 0 Å². The number of rotatable bonds is 6. The Balaban J connectivity index is 2.38. The first-order chi connectivity index (χ1) is 6.77. The van der Waals surface area contributed by atoms with Crippen molar-refractivity contribution in [1.29, 1.82) is 0 Å². The molecule has 2 heteroatoms. The molecule has 0 radical (unpaired) electrons. The van der Waals surface area contributed by atoms with Crippen molar-refractivity contribution in [2.75, 3.05) is 6.54 Å². The number of hydrogen-bond donors (Lipinski definition) is 2. The molecule has 0 fully saturated rings. The Morgan fingerprint density at radius 1 is 1.79 bits per heavy atom. The molecule has 0 spiro atoms. The molecule has 0 aromatic rings. The van der Waals surface area contributed by atoms with Gasteiger partial charge in [0, 0.05) is 6.04 Å². The topological polar surface area (TPSA) is 38.0 Å². The van der Waals surface area contributed by atoms with Crippen molar-refractivity contribution in [1.82, 2.24) is 5.32 Å². The van der Waals surface area contributed by atoms with Crippen LogP contribution in [0.2, 0.25) is 0 Å². The van der Waals surface area contributed by atoms with Crippen LogP contribution in [0.25, 0.3) is 0 Å². The van der Waals surface area contributed by atoms with E-state index in [2.05, 4.69) is 25.0 Å². The zero-order valence-electron chi connectivity index (χ0n) is 9.13. The van der Waals surface area contributed by atoms with Gasteiger partial charge in [-0.1, -0.05) is 11.6 Å². The molecule has 2 atom stereocenters. The Kier molecular flexibility index (Phi) is 4.74. The monoisotopic (exact) mass is 194 g/mol. The van der Waals surface area contributed by atoms with E-state index in [1.807, 2.05) is 6.08 Å². The van der Waals surface area contributed by atoms with E-state index in [9.17, 15) is 0 Å². The summed E-state index contributed by atoms with van der Waals surface area (Å²) in [6.45, 7) is 6.80. The lowest BCUT2D eigenvalue weighted by molar-refractivity contribution is 0.367. The molecule has 1 heterocycles. The van der Waals surface area contributed by atoms with Gasteiger partial charge in [0.2, 0.25) is 0 Å². The van der Waals surface area contributed by atoms with Crippen molar-refractivity contribution in [2.45, 2.75) is 38.6 Å². The Morgan fingerprint density at radius 2 is 2.57 bits per heavy atom. The van der Waals surface area contributed by atoms with Crippen LogP contribution in [0.4, 0.5) is 0 Å². The second-order valence-electron chi connectivity index (χ2n) is 4.18. The summed E-state index contributed by atoms with van der Waals surface area (Å²) < 4.78 is 0. The highest BCUT2D eigenvalue weighted by atomic mass is 14.9. The summed E-state index contributed by atoms with van der Waals surface area (Å²) >= 11 is 0. The number of allylic oxidation sites excluding steroid dienone is 1. The lowest BCUT2D eigenvalue weighted by Crippen LogP contribution is -2.29. The second kappa shape index (κ2) is 5.86. The molecule has 3 N–H and O–H groups in total. The number of hydrogen-bond acceptors (Lipinski definition) is 2. The van der Waals surface area contributed by atoms with Gasteiger partial charge in [0.15, 0.2) is 0 Å². The maximum absolute atomic E-state index is 5.54. The van der Waals surface area contributed by atoms with Gasteiger partial charge in [-0.3, -0.25) is 0 Å². The maximum atomic E-state index is 5.54. The van der Waals surface area contributed by atoms with E-state index in [0.29, 0.717) is 12.0 Å². The molecular formula is C12H22N2. The lowest BCUT2D eigenvalue weighted by atomic mass is 9.89. The maximum Gasteiger partial charge on any atom is 0.0324 e. The van der Waals surface area contributed by atoms with Crippen LogP contribution in [0.3, 0.4) is 0 Å². The van der Waals surface area contributed by atoms with E-state index in [1.165, 1.54) is 18.4 Å². The van der Waals surface area contributed by atoms with Crippen LogP contribution in [0.15, 0.2) is 24.4 Å². The highest BCUT2D eigenvalue weighted by Gasteiger charge is 2.22. The summed E-state index contributed by atoms with van der Waals surface area (Å²) in [6, 6.07) is 0.611. The predicted molar refractivity (Wildman–Crippen MR) is 61.9 cm³/mol. The highest BCUT2D eigenvalue weighted by molar-refractivity contribution is 5.09. The molecule has 1 unspecified atom stereocenters. The average Bonchev–Trinajstić information content (AvgIpc) is 2.59. The van der Waals surface area contributed by atoms with E-state index in [-0.39, 0.29) is 0 Å². The molecule has 0 aromatic carbocycles. The SMILES string of the molecule is C=CC[C@H](CCCN)C1CC(C)=CN1. The molecule has 2 nitrogen and oxygen atoms in total. The predicted octanol–water partition coefficient (Wildman–Crippen LogP) is 2.18. The Hall–Kier alpha value is -0.760. The Bertz CT molecular complexity index is 208. The number of nitrogens with two attached hydrogens (primary N) is 1. The van der Waals surface area contributed by atoms with Crippen molar-refractivity contribution < 1.29 is 0 Å². The third-order valence-electron chi connectivity index (χ3n) is 2.90. The Morgan fingerprint density at radius 3 is 3.07 bits per heavy atom. The van der Waals surface area contributed by atoms with E-state index >= 15 is 0 Å². The normalized spacial score (nSPS) is 22.7. The van der Waals surface area contributed by atoms with Crippen molar-refractivity contribution in [3.05, 3.63) is 24.4 Å². The molecule has 0 saturated carbocycles. The summed E-state index contributed by atoms with van der Waals surface area (Å²) in [5.74, 6) is 0.699. The minimum Gasteiger partial charge on any atom is -0.388 e. The van der Waals surface area contributed by atoms with E-state index < -0.39 is 0 Å². The molecule has 14 heavy (non-hydrogen) atoms. The molecule has 0 bridgehead atoms. The molecule has 0 saturated heterocycles. The summed E-state index contributed by atoms with van der Waals surface area (Å²) in [5, 5.41) is 3.45. The fourth-order valence-corrected chi connectivity index (χ4v) is 2.09. The quantitative estimate of drug-likeness (QED) is 0.636. The minimum absolute atomic E-state index is 0.611. The van der Waals surface area contributed by atoms with E-state index in [0.717, 1.165) is 19.4 Å². The van der Waals surface area contributed by atoms with E-state index in [4.69, 9.17) is 5.73 Å². The van der Waals surface area contributed by atoms with E-state index in [1.54, 1.807) is 0 Å². The average molecular weight is 194 g/mol. The van der Waals surface area contributed by atoms with Gasteiger partial charge in [0.25, 0.3) is 0 Å². The first-order valence-electron chi connectivity index (χ1n) is 5.50. The zero-order chi connectivity index (χ0) is 10.4. The molecule has 0 aromatic heterocycles. The van der Waals surface area contributed by atoms with Gasteiger partial charge in [-0.05, 0) is 51.3 Å². The van der Waals surface area contributed by atoms with Crippen molar-refractivity contribution in [3.63, 3.8) is 0 Å². The van der Waals surface area contributed by atoms with Gasteiger partial charge in [0.1, 0.15) is 0 Å². The van der Waals surface area contributed by atoms with Gasteiger partial charge in [-0.2, -0.15) is 0 Å². The first kappa shape index (κ1) is 11.3. The summed E-state index contributed by atoms with van der Waals surface area (Å²) in [6.07, 6.45) is 8.78. The van der Waals surface area contributed by atoms with Crippen LogP contribution < -0.4 is 11.1 Å². The van der Waals surface area contributed by atoms with Crippen LogP contribution in [0, 0.1) is 5.92 Å².